The Balaban J connectivity index is 1.16. The molecule has 0 aromatic heterocycles. The fraction of sp³-hybridized carbons (Fsp3) is 0.400. The van der Waals surface area contributed by atoms with Crippen LogP contribution in [0.2, 0.25) is 0 Å². The van der Waals surface area contributed by atoms with Crippen molar-refractivity contribution in [1.82, 2.24) is 42.5 Å². The Labute approximate surface area is 748 Å². The summed E-state index contributed by atoms with van der Waals surface area (Å²) < 4.78 is 49.5. The number of carbonyl (C=O) groups is 12. The molecular weight excluding hydrogens is 1630 g/mol. The van der Waals surface area contributed by atoms with E-state index in [0.717, 1.165) is 44.5 Å². The van der Waals surface area contributed by atoms with Crippen LogP contribution in [0.4, 0.5) is 0 Å². The largest absolute Gasteiger partial charge is 0.483 e. The predicted octanol–water partition coefficient (Wildman–Crippen LogP) is 10.5. The summed E-state index contributed by atoms with van der Waals surface area (Å²) in [6, 6.07) is 47.5. The molecule has 0 heterocycles. The van der Waals surface area contributed by atoms with Gasteiger partial charge in [0.2, 0.25) is 23.6 Å². The number of amides is 8. The van der Waals surface area contributed by atoms with Gasteiger partial charge in [0, 0.05) is 25.7 Å². The third-order valence-corrected chi connectivity index (χ3v) is 21.0. The average molecular weight is 1750 g/mol. The highest BCUT2D eigenvalue weighted by Crippen LogP contribution is 2.45. The van der Waals surface area contributed by atoms with Crippen molar-refractivity contribution in [3.8, 4) is 23.0 Å². The smallest absolute Gasteiger partial charge is 0.328 e. The lowest BCUT2D eigenvalue weighted by Gasteiger charge is -2.29. The summed E-state index contributed by atoms with van der Waals surface area (Å²) in [5, 5.41) is 20.9. The number of carbonyl (C=O) groups excluding carboxylic acids is 12. The minimum Gasteiger partial charge on any atom is -0.483 e. The number of rotatable bonds is 36. The molecule has 0 aliphatic heterocycles. The van der Waals surface area contributed by atoms with Gasteiger partial charge in [0.15, 0.2) is 26.4 Å². The monoisotopic (exact) mass is 1750 g/mol. The average Bonchev–Trinajstić information content (AvgIpc) is 0.757. The van der Waals surface area contributed by atoms with Gasteiger partial charge in [-0.15, -0.1) is 0 Å². The van der Waals surface area contributed by atoms with Crippen LogP contribution in [0, 0.1) is 0 Å². The predicted molar refractivity (Wildman–Crippen MR) is 481 cm³/mol. The highest BCUT2D eigenvalue weighted by molar-refractivity contribution is 5.92. The number of nitrogens with one attached hydrogen (secondary N) is 8. The minimum absolute atomic E-state index is 0.0307. The van der Waals surface area contributed by atoms with Gasteiger partial charge < -0.3 is 80.4 Å². The first-order valence-electron chi connectivity index (χ1n) is 42.8. The second-order valence-corrected chi connectivity index (χ2v) is 36.0. The number of hydrogen-bond acceptors (Lipinski definition) is 20. The van der Waals surface area contributed by atoms with Crippen LogP contribution in [-0.4, -0.2) is 148 Å². The first-order chi connectivity index (χ1) is 60.5. The Hall–Kier alpha value is -13.4. The van der Waals surface area contributed by atoms with Gasteiger partial charge in [-0.1, -0.05) is 253 Å². The summed E-state index contributed by atoms with van der Waals surface area (Å²) in [7, 11) is 0. The van der Waals surface area contributed by atoms with Crippen molar-refractivity contribution in [2.24, 2.45) is 0 Å². The molecule has 8 aromatic rings. The summed E-state index contributed by atoms with van der Waals surface area (Å²) in [4.78, 5) is 165. The standard InChI is InChI=1S/C100H120N8O20/c1-61(93(117)125-53-65-29-21-17-22-30-65)105-81(109)49-101-85(113)57-121-89-69-37-71-43-78(98(8,9)10)45-73(90(71)122-58-86(114)102-50-82(110)106-62(2)94(118)126-54-66-31-23-18-24-32-66)39-75-47-80(100(14,15)16)48-76(92(75)124-60-88(116)104-52-84(112)108-64(4)96(120)128-56-68-35-27-20-28-36-68)40-74-46-79(99(11,12)13)44-72(38-70(89)42-77(41-69)97(5,6)7)91(74)123-59-87(115)103-51-83(111)107-63(3)95(119)127-55-67-33-25-19-26-34-67/h17-36,41-48,61-64H,37-40,49-60H2,1-16H3,(H,101,113)(H,102,114)(H,103,115)(H,104,116)(H,105,109)(H,106,110)(H,107,111)(H,108,112)/t61-,62-,63-,64-/m0/s1. The molecule has 8 amide bonds. The molecule has 28 heteroatoms. The Morgan fingerprint density at radius 2 is 0.422 bits per heavy atom. The number of fused-ring (bicyclic) bond motifs is 8. The summed E-state index contributed by atoms with van der Waals surface area (Å²) in [6.07, 6.45) is -0.170. The van der Waals surface area contributed by atoms with Crippen molar-refractivity contribution in [2.45, 2.75) is 209 Å². The van der Waals surface area contributed by atoms with Gasteiger partial charge in [0.1, 0.15) is 73.6 Å². The van der Waals surface area contributed by atoms with Gasteiger partial charge in [0.25, 0.3) is 23.6 Å². The van der Waals surface area contributed by atoms with Crippen molar-refractivity contribution in [1.29, 1.82) is 0 Å². The van der Waals surface area contributed by atoms with E-state index in [0.29, 0.717) is 44.5 Å². The highest BCUT2D eigenvalue weighted by Gasteiger charge is 2.33. The molecule has 8 bridgehead atoms. The quantitative estimate of drug-likeness (QED) is 0.0134. The molecule has 0 unspecified atom stereocenters. The molecule has 0 spiro atoms. The summed E-state index contributed by atoms with van der Waals surface area (Å²) in [5.41, 5.74) is 7.79. The first-order valence-corrected chi connectivity index (χ1v) is 42.8. The van der Waals surface area contributed by atoms with Crippen molar-refractivity contribution < 1.29 is 95.4 Å². The molecule has 1 aliphatic carbocycles. The van der Waals surface area contributed by atoms with Crippen LogP contribution in [0.25, 0.3) is 0 Å². The molecule has 680 valence electrons. The Bertz CT molecular complexity index is 4540. The molecule has 8 aromatic carbocycles. The van der Waals surface area contributed by atoms with Crippen LogP contribution in [0.3, 0.4) is 0 Å². The molecule has 8 N–H and O–H groups in total. The van der Waals surface area contributed by atoms with E-state index in [1.807, 2.05) is 156 Å². The van der Waals surface area contributed by atoms with E-state index in [1.165, 1.54) is 27.7 Å². The summed E-state index contributed by atoms with van der Waals surface area (Å²) >= 11 is 0. The van der Waals surface area contributed by atoms with Crippen LogP contribution >= 0.6 is 0 Å². The maximum absolute atomic E-state index is 14.5. The Kier molecular flexibility index (Phi) is 34.7. The van der Waals surface area contributed by atoms with E-state index in [9.17, 15) is 57.5 Å². The van der Waals surface area contributed by atoms with Gasteiger partial charge in [-0.2, -0.15) is 0 Å². The summed E-state index contributed by atoms with van der Waals surface area (Å²) in [5.74, 6) is -7.64. The SMILES string of the molecule is C[C@H](NC(=O)CNC(=O)COc1c2cc(C(C)(C)C)cc1Cc1cc(C(C)(C)C)cc(c1OCC(=O)NCC(=O)N[C@@H](C)C(=O)OCc1ccccc1)Cc1cc(C(C)(C)C)cc(c1OCC(=O)NCC(=O)N[C@@H](C)C(=O)OCc1ccccc1)Cc1cc(C(C)(C)C)cc(c1OCC(=O)NCC(=O)N[C@@H](C)C(=O)OCc1ccccc1)C2)C(=O)OCc1ccccc1. The number of esters is 4. The van der Waals surface area contributed by atoms with Crippen LogP contribution in [0.5, 0.6) is 23.0 Å². The van der Waals surface area contributed by atoms with E-state index in [4.69, 9.17) is 37.9 Å². The lowest BCUT2D eigenvalue weighted by molar-refractivity contribution is -0.149. The highest BCUT2D eigenvalue weighted by atomic mass is 16.6. The lowest BCUT2D eigenvalue weighted by atomic mass is 9.79. The molecule has 28 nitrogen and oxygen atoms in total. The van der Waals surface area contributed by atoms with Crippen molar-refractivity contribution in [2.75, 3.05) is 52.6 Å². The maximum atomic E-state index is 14.5. The molecule has 9 rings (SSSR count). The Morgan fingerprint density at radius 1 is 0.258 bits per heavy atom. The van der Waals surface area contributed by atoms with E-state index in [2.05, 4.69) is 42.5 Å². The summed E-state index contributed by atoms with van der Waals surface area (Å²) in [6.45, 7) is 25.2. The zero-order valence-corrected chi connectivity index (χ0v) is 76.0. The zero-order valence-electron chi connectivity index (χ0n) is 76.0. The fourth-order valence-electron chi connectivity index (χ4n) is 13.7. The molecule has 128 heavy (non-hydrogen) atoms. The molecule has 1 aliphatic rings. The first kappa shape index (κ1) is 98.4. The molecular formula is C100H120N8O20. The van der Waals surface area contributed by atoms with Crippen molar-refractivity contribution >= 4 is 71.1 Å². The van der Waals surface area contributed by atoms with E-state index >= 15 is 0 Å². The van der Waals surface area contributed by atoms with E-state index in [1.54, 1.807) is 97.1 Å². The third kappa shape index (κ3) is 30.5. The number of ether oxygens (including phenoxy) is 8. The van der Waals surface area contributed by atoms with Gasteiger partial charge >= 0.3 is 23.9 Å². The lowest BCUT2D eigenvalue weighted by Crippen LogP contribution is -2.45. The van der Waals surface area contributed by atoms with Crippen LogP contribution < -0.4 is 61.5 Å². The van der Waals surface area contributed by atoms with Gasteiger partial charge in [0.05, 0.1) is 26.2 Å². The van der Waals surface area contributed by atoms with Crippen LogP contribution in [0.15, 0.2) is 170 Å². The van der Waals surface area contributed by atoms with Gasteiger partial charge in [-0.25, -0.2) is 19.2 Å². The van der Waals surface area contributed by atoms with Crippen molar-refractivity contribution in [3.05, 3.63) is 259 Å². The topological polar surface area (TPSA) is 375 Å². The molecule has 0 saturated heterocycles. The van der Waals surface area contributed by atoms with Crippen LogP contribution in [-0.2, 0) is 150 Å². The fourth-order valence-corrected chi connectivity index (χ4v) is 13.7. The molecule has 0 saturated carbocycles. The number of hydrogen-bond donors (Lipinski definition) is 8. The molecule has 0 radical (unpaired) electrons. The molecule has 4 atom stereocenters. The van der Waals surface area contributed by atoms with Gasteiger partial charge in [-0.3, -0.25) is 38.4 Å². The second-order valence-electron chi connectivity index (χ2n) is 36.0. The van der Waals surface area contributed by atoms with Crippen molar-refractivity contribution in [3.63, 3.8) is 0 Å². The van der Waals surface area contributed by atoms with Crippen LogP contribution in [0.1, 0.15) is 200 Å². The van der Waals surface area contributed by atoms with E-state index in [-0.39, 0.29) is 75.1 Å². The number of benzene rings is 8. The molecule has 0 fully saturated rings. The second kappa shape index (κ2) is 45.2. The third-order valence-electron chi connectivity index (χ3n) is 21.0. The zero-order chi connectivity index (χ0) is 93.2. The minimum atomic E-state index is -1.09. The van der Waals surface area contributed by atoms with Gasteiger partial charge in [-0.05, 0) is 138 Å². The Morgan fingerprint density at radius 3 is 0.578 bits per heavy atom. The van der Waals surface area contributed by atoms with E-state index < -0.39 is 170 Å². The normalized spacial score (nSPS) is 12.9. The maximum Gasteiger partial charge on any atom is 0.328 e.